The molecule has 0 atom stereocenters. The van der Waals surface area contributed by atoms with Crippen LogP contribution in [0.25, 0.3) is 0 Å². The number of quaternary nitrogens is 1. The number of methoxy groups -OCH3 is 2. The number of likely N-dealkylation sites (N-methyl/N-ethyl adjacent to an activating group) is 1. The number of benzene rings is 2. The van der Waals surface area contributed by atoms with Gasteiger partial charge >= 0.3 is 17.8 Å². The quantitative estimate of drug-likeness (QED) is 0.356. The lowest BCUT2D eigenvalue weighted by molar-refractivity contribution is -0.966. The van der Waals surface area contributed by atoms with Gasteiger partial charge in [0.1, 0.15) is 19.2 Å². The topological polar surface area (TPSA) is 102 Å². The number of ether oxygens (including phenoxy) is 3. The number of rotatable bonds is 8. The zero-order chi connectivity index (χ0) is 24.7. The van der Waals surface area contributed by atoms with Gasteiger partial charge in [0.25, 0.3) is 0 Å². The van der Waals surface area contributed by atoms with Gasteiger partial charge in [0.05, 0.1) is 26.3 Å². The minimum absolute atomic E-state index is 0.0312. The molecule has 182 valence electrons. The third-order valence-electron chi connectivity index (χ3n) is 6.32. The fourth-order valence-corrected chi connectivity index (χ4v) is 4.33. The second kappa shape index (κ2) is 11.1. The summed E-state index contributed by atoms with van der Waals surface area (Å²) >= 11 is 0. The number of nitrogens with zero attached hydrogens (tertiary/aromatic N) is 2. The summed E-state index contributed by atoms with van der Waals surface area (Å²) in [4.78, 5) is 36.3. The van der Waals surface area contributed by atoms with E-state index in [2.05, 4.69) is 0 Å². The Morgan fingerprint density at radius 1 is 1.00 bits per heavy atom. The van der Waals surface area contributed by atoms with Crippen molar-refractivity contribution < 1.29 is 38.3 Å². The number of piperidine rings is 1. The molecule has 1 amide bonds. The lowest BCUT2D eigenvalue weighted by Crippen LogP contribution is -2.66. The van der Waals surface area contributed by atoms with E-state index in [0.717, 1.165) is 12.0 Å². The first-order chi connectivity index (χ1) is 16.3. The highest BCUT2D eigenvalue weighted by Crippen LogP contribution is 2.32. The zero-order valence-corrected chi connectivity index (χ0v) is 19.7. The number of likely N-dealkylation sites (tertiary alicyclic amines) is 1. The summed E-state index contributed by atoms with van der Waals surface area (Å²) in [5.41, 5.74) is 1.64. The standard InChI is InChI=1S/C25H30N2O7/c1-26(14-11-18-7-5-4-6-8-18)27(15-12-20(13-16-27)34-25(31)24(29)30)23(28)19-9-10-21(32-2)22(17-19)33-3/h4-10,17,20H,11-16H2,1-3H3/p+1. The van der Waals surface area contributed by atoms with Gasteiger partial charge in [-0.3, -0.25) is 0 Å². The largest absolute Gasteiger partial charge is 0.493 e. The molecule has 2 aromatic carbocycles. The molecule has 1 fully saturated rings. The second-order valence-corrected chi connectivity index (χ2v) is 8.27. The van der Waals surface area contributed by atoms with Crippen molar-refractivity contribution in [2.24, 2.45) is 0 Å². The van der Waals surface area contributed by atoms with Gasteiger partial charge in [0.15, 0.2) is 11.5 Å². The van der Waals surface area contributed by atoms with Crippen LogP contribution in [0.3, 0.4) is 0 Å². The van der Waals surface area contributed by atoms with Gasteiger partial charge in [-0.2, -0.15) is 9.60 Å². The summed E-state index contributed by atoms with van der Waals surface area (Å²) in [6.07, 6.45) is 0.950. The molecule has 0 aromatic heterocycles. The first-order valence-electron chi connectivity index (χ1n) is 11.1. The average Bonchev–Trinajstić information content (AvgIpc) is 2.87. The van der Waals surface area contributed by atoms with Gasteiger partial charge in [0.2, 0.25) is 0 Å². The van der Waals surface area contributed by atoms with Crippen LogP contribution in [0.15, 0.2) is 48.5 Å². The number of amides is 1. The van der Waals surface area contributed by atoms with Crippen LogP contribution < -0.4 is 9.47 Å². The normalized spacial score (nSPS) is 19.9. The molecular weight excluding hydrogens is 440 g/mol. The third kappa shape index (κ3) is 5.55. The number of aliphatic carboxylic acids is 1. The molecule has 1 N–H and O–H groups in total. The highest BCUT2D eigenvalue weighted by atomic mass is 16.6. The second-order valence-electron chi connectivity index (χ2n) is 8.27. The highest BCUT2D eigenvalue weighted by molar-refractivity contribution is 6.28. The van der Waals surface area contributed by atoms with Crippen LogP contribution in [-0.2, 0) is 20.7 Å². The van der Waals surface area contributed by atoms with Crippen LogP contribution in [0.1, 0.15) is 28.8 Å². The van der Waals surface area contributed by atoms with E-state index in [1.807, 2.05) is 42.4 Å². The van der Waals surface area contributed by atoms with Crippen LogP contribution in [0.2, 0.25) is 0 Å². The zero-order valence-electron chi connectivity index (χ0n) is 19.7. The van der Waals surface area contributed by atoms with Gasteiger partial charge < -0.3 is 19.3 Å². The Labute approximate surface area is 199 Å². The molecule has 3 rings (SSSR count). The van der Waals surface area contributed by atoms with E-state index in [1.54, 1.807) is 18.2 Å². The number of carbonyl (C=O) groups is 3. The SMILES string of the molecule is COc1ccc(C(=O)[N+]2(N(C)CCc3ccccc3)CCC(OC(=O)C(=O)O)CC2)cc1OC. The summed E-state index contributed by atoms with van der Waals surface area (Å²) in [7, 11) is 4.96. The minimum Gasteiger partial charge on any atom is -0.493 e. The molecule has 1 aliphatic rings. The molecule has 0 bridgehead atoms. The molecule has 9 nitrogen and oxygen atoms in total. The van der Waals surface area contributed by atoms with Crippen molar-refractivity contribution in [1.29, 1.82) is 0 Å². The van der Waals surface area contributed by atoms with Gasteiger partial charge in [-0.15, -0.1) is 0 Å². The number of hydrogen-bond donors (Lipinski definition) is 1. The predicted octanol–water partition coefficient (Wildman–Crippen LogP) is 2.54. The number of carboxylic acid groups (broad SMARTS) is 1. The Morgan fingerprint density at radius 2 is 1.65 bits per heavy atom. The molecule has 0 saturated carbocycles. The van der Waals surface area contributed by atoms with Crippen molar-refractivity contribution in [3.8, 4) is 11.5 Å². The van der Waals surface area contributed by atoms with Crippen molar-refractivity contribution >= 4 is 17.8 Å². The van der Waals surface area contributed by atoms with Crippen molar-refractivity contribution in [1.82, 2.24) is 5.01 Å². The number of hydrogen-bond acceptors (Lipinski definition) is 7. The predicted molar refractivity (Wildman–Crippen MR) is 123 cm³/mol. The third-order valence-corrected chi connectivity index (χ3v) is 6.32. The van der Waals surface area contributed by atoms with Crippen molar-refractivity contribution in [3.05, 3.63) is 59.7 Å². The Bertz CT molecular complexity index is 1020. The Hall–Kier alpha value is -3.43. The van der Waals surface area contributed by atoms with E-state index in [4.69, 9.17) is 19.3 Å². The Morgan fingerprint density at radius 3 is 2.24 bits per heavy atom. The van der Waals surface area contributed by atoms with E-state index in [0.29, 0.717) is 49.5 Å². The van der Waals surface area contributed by atoms with Gasteiger partial charge in [-0.25, -0.2) is 14.4 Å². The molecule has 9 heteroatoms. The smallest absolute Gasteiger partial charge is 0.417 e. The Balaban J connectivity index is 1.85. The Kier molecular flexibility index (Phi) is 8.25. The molecular formula is C25H31N2O7+. The van der Waals surface area contributed by atoms with Crippen LogP contribution >= 0.6 is 0 Å². The van der Waals surface area contributed by atoms with Crippen molar-refractivity contribution in [2.45, 2.75) is 25.4 Å². The van der Waals surface area contributed by atoms with Crippen LogP contribution in [0.4, 0.5) is 0 Å². The van der Waals surface area contributed by atoms with E-state index < -0.39 is 18.0 Å². The summed E-state index contributed by atoms with van der Waals surface area (Å²) in [6.45, 7) is 1.37. The average molecular weight is 472 g/mol. The molecule has 1 saturated heterocycles. The van der Waals surface area contributed by atoms with Crippen LogP contribution in [-0.4, -0.2) is 79.6 Å². The molecule has 0 radical (unpaired) electrons. The van der Waals surface area contributed by atoms with Crippen molar-refractivity contribution in [3.63, 3.8) is 0 Å². The fraction of sp³-hybridized carbons (Fsp3) is 0.400. The van der Waals surface area contributed by atoms with E-state index in [1.165, 1.54) is 14.2 Å². The van der Waals surface area contributed by atoms with Gasteiger partial charge in [-0.1, -0.05) is 30.3 Å². The maximum absolute atomic E-state index is 13.9. The van der Waals surface area contributed by atoms with Crippen LogP contribution in [0, 0.1) is 0 Å². The van der Waals surface area contributed by atoms with Crippen LogP contribution in [0.5, 0.6) is 11.5 Å². The summed E-state index contributed by atoms with van der Waals surface area (Å²) in [5, 5.41) is 10.9. The lowest BCUT2D eigenvalue weighted by atomic mass is 10.0. The maximum Gasteiger partial charge on any atom is 0.417 e. The summed E-state index contributed by atoms with van der Waals surface area (Å²) < 4.78 is 15.8. The van der Waals surface area contributed by atoms with E-state index >= 15 is 0 Å². The maximum atomic E-state index is 13.9. The first kappa shape index (κ1) is 25.2. The monoisotopic (exact) mass is 471 g/mol. The highest BCUT2D eigenvalue weighted by Gasteiger charge is 2.46. The fourth-order valence-electron chi connectivity index (χ4n) is 4.33. The molecule has 1 heterocycles. The molecule has 34 heavy (non-hydrogen) atoms. The molecule has 0 spiro atoms. The molecule has 0 unspecified atom stereocenters. The molecule has 2 aromatic rings. The summed E-state index contributed by atoms with van der Waals surface area (Å²) in [5.74, 6) is -2.01. The summed E-state index contributed by atoms with van der Waals surface area (Å²) in [6, 6.07) is 15.1. The van der Waals surface area contributed by atoms with Gasteiger partial charge in [0, 0.05) is 26.0 Å². The van der Waals surface area contributed by atoms with E-state index in [9.17, 15) is 14.4 Å². The van der Waals surface area contributed by atoms with E-state index in [-0.39, 0.29) is 10.5 Å². The molecule has 0 aliphatic carbocycles. The number of carboxylic acids is 1. The minimum atomic E-state index is -1.62. The number of esters is 1. The number of carbonyl (C=O) groups excluding carboxylic acids is 2. The van der Waals surface area contributed by atoms with Gasteiger partial charge in [-0.05, 0) is 24.1 Å². The molecule has 1 aliphatic heterocycles. The lowest BCUT2D eigenvalue weighted by Gasteiger charge is -2.45. The first-order valence-corrected chi connectivity index (χ1v) is 11.1. The van der Waals surface area contributed by atoms with Crippen molar-refractivity contribution in [2.75, 3.05) is 40.9 Å².